The number of hydrogen-bond acceptors (Lipinski definition) is 3. The molecule has 1 rings (SSSR count). The third-order valence-electron chi connectivity index (χ3n) is 3.42. The van der Waals surface area contributed by atoms with Crippen molar-refractivity contribution in [2.24, 2.45) is 5.92 Å². The lowest BCUT2D eigenvalue weighted by atomic mass is 10.0. The van der Waals surface area contributed by atoms with E-state index in [0.717, 1.165) is 24.5 Å². The number of rotatable bonds is 7. The van der Waals surface area contributed by atoms with Crippen molar-refractivity contribution in [2.75, 3.05) is 31.6 Å². The maximum atomic E-state index is 3.23. The monoisotopic (exact) mass is 230 g/mol. The molecule has 1 saturated heterocycles. The van der Waals surface area contributed by atoms with Crippen molar-refractivity contribution in [2.45, 2.75) is 39.3 Å². The van der Waals surface area contributed by atoms with Crippen LogP contribution in [0.2, 0.25) is 0 Å². The Bertz CT molecular complexity index is 169. The fourth-order valence-electron chi connectivity index (χ4n) is 1.95. The smallest absolute Gasteiger partial charge is 0.0279 e. The molecular formula is C12H26N2S. The van der Waals surface area contributed by atoms with Crippen LogP contribution in [0.3, 0.4) is 0 Å². The molecule has 0 aromatic heterocycles. The minimum absolute atomic E-state index is 0.729. The second-order valence-corrected chi connectivity index (χ2v) is 5.95. The van der Waals surface area contributed by atoms with Gasteiger partial charge in [0.05, 0.1) is 0 Å². The zero-order chi connectivity index (χ0) is 11.3. The predicted molar refractivity (Wildman–Crippen MR) is 70.7 cm³/mol. The maximum Gasteiger partial charge on any atom is 0.0279 e. The molecule has 0 saturated carbocycles. The van der Waals surface area contributed by atoms with Gasteiger partial charge in [0.15, 0.2) is 0 Å². The van der Waals surface area contributed by atoms with E-state index in [0.29, 0.717) is 0 Å². The molecular weight excluding hydrogens is 204 g/mol. The van der Waals surface area contributed by atoms with Gasteiger partial charge in [-0.15, -0.1) is 0 Å². The van der Waals surface area contributed by atoms with Crippen molar-refractivity contribution >= 4 is 11.8 Å². The molecule has 1 heterocycles. The van der Waals surface area contributed by atoms with E-state index < -0.39 is 0 Å². The summed E-state index contributed by atoms with van der Waals surface area (Å²) in [5, 5.41) is 3.23. The molecule has 3 heteroatoms. The molecule has 2 nitrogen and oxygen atoms in total. The van der Waals surface area contributed by atoms with Gasteiger partial charge in [0.1, 0.15) is 0 Å². The van der Waals surface area contributed by atoms with E-state index in [9.17, 15) is 0 Å². The molecule has 1 aliphatic rings. The van der Waals surface area contributed by atoms with E-state index in [1.165, 1.54) is 24.5 Å². The van der Waals surface area contributed by atoms with E-state index in [-0.39, 0.29) is 0 Å². The number of thioether (sulfide) groups is 1. The molecule has 0 aromatic rings. The highest BCUT2D eigenvalue weighted by atomic mass is 32.2. The van der Waals surface area contributed by atoms with E-state index >= 15 is 0 Å². The summed E-state index contributed by atoms with van der Waals surface area (Å²) in [4.78, 5) is 2.72. The summed E-state index contributed by atoms with van der Waals surface area (Å²) in [7, 11) is 2.04. The third kappa shape index (κ3) is 3.97. The van der Waals surface area contributed by atoms with Crippen molar-refractivity contribution in [1.82, 2.24) is 10.2 Å². The molecule has 0 aromatic carbocycles. The Labute approximate surface area is 99.2 Å². The Hall–Kier alpha value is 0.270. The van der Waals surface area contributed by atoms with Gasteiger partial charge in [-0.25, -0.2) is 0 Å². The van der Waals surface area contributed by atoms with Crippen LogP contribution in [0.15, 0.2) is 0 Å². The molecule has 90 valence electrons. The van der Waals surface area contributed by atoms with E-state index in [1.54, 1.807) is 0 Å². The van der Waals surface area contributed by atoms with E-state index in [2.05, 4.69) is 42.7 Å². The van der Waals surface area contributed by atoms with Gasteiger partial charge in [-0.05, 0) is 39.4 Å². The summed E-state index contributed by atoms with van der Waals surface area (Å²) in [5.74, 6) is 3.46. The Morgan fingerprint density at radius 2 is 2.00 bits per heavy atom. The number of nitrogens with one attached hydrogen (secondary N) is 1. The molecule has 1 fully saturated rings. The van der Waals surface area contributed by atoms with E-state index in [4.69, 9.17) is 0 Å². The minimum atomic E-state index is 0.729. The van der Waals surface area contributed by atoms with Crippen LogP contribution in [0.25, 0.3) is 0 Å². The zero-order valence-electron chi connectivity index (χ0n) is 10.6. The van der Waals surface area contributed by atoms with Gasteiger partial charge in [-0.2, -0.15) is 11.8 Å². The third-order valence-corrected chi connectivity index (χ3v) is 4.66. The number of hydrogen-bond donors (Lipinski definition) is 1. The first-order chi connectivity index (χ1) is 7.16. The summed E-state index contributed by atoms with van der Waals surface area (Å²) >= 11 is 2.08. The van der Waals surface area contributed by atoms with E-state index in [1.807, 2.05) is 7.05 Å². The van der Waals surface area contributed by atoms with Crippen LogP contribution in [0.4, 0.5) is 0 Å². The lowest BCUT2D eigenvalue weighted by molar-refractivity contribution is 0.128. The average molecular weight is 230 g/mol. The summed E-state index contributed by atoms with van der Waals surface area (Å²) in [6.45, 7) is 9.45. The largest absolute Gasteiger partial charge is 0.320 e. The molecule has 1 atom stereocenters. The molecule has 0 amide bonds. The van der Waals surface area contributed by atoms with Crippen LogP contribution in [0.5, 0.6) is 0 Å². The fourth-order valence-corrected chi connectivity index (χ4v) is 2.78. The highest BCUT2D eigenvalue weighted by Crippen LogP contribution is 2.26. The van der Waals surface area contributed by atoms with Crippen molar-refractivity contribution in [1.29, 1.82) is 0 Å². The zero-order valence-corrected chi connectivity index (χ0v) is 11.4. The van der Waals surface area contributed by atoms with Crippen LogP contribution in [-0.2, 0) is 0 Å². The first-order valence-corrected chi connectivity index (χ1v) is 7.30. The summed E-state index contributed by atoms with van der Waals surface area (Å²) in [6, 6.07) is 1.58. The minimum Gasteiger partial charge on any atom is -0.320 e. The Kier molecular flexibility index (Phi) is 6.02. The van der Waals surface area contributed by atoms with Crippen LogP contribution in [0.1, 0.15) is 27.2 Å². The van der Waals surface area contributed by atoms with Gasteiger partial charge in [0, 0.05) is 23.6 Å². The predicted octanol–water partition coefficient (Wildman–Crippen LogP) is 2.06. The molecule has 0 radical (unpaired) electrons. The standard InChI is InChI=1S/C12H26N2S/c1-10(2)11(3)14(7-5-6-13-4)12-8-15-9-12/h10-13H,5-9H2,1-4H3/t11-/m1/s1. The average Bonchev–Trinajstić information content (AvgIpc) is 2.12. The molecule has 0 bridgehead atoms. The van der Waals surface area contributed by atoms with Crippen molar-refractivity contribution in [3.63, 3.8) is 0 Å². The summed E-state index contributed by atoms with van der Waals surface area (Å²) < 4.78 is 0. The fraction of sp³-hybridized carbons (Fsp3) is 1.00. The molecule has 0 unspecified atom stereocenters. The highest BCUT2D eigenvalue weighted by molar-refractivity contribution is 8.00. The SMILES string of the molecule is CNCCCN(C1CSC1)[C@H](C)C(C)C. The molecule has 0 aliphatic carbocycles. The van der Waals surface area contributed by atoms with Crippen molar-refractivity contribution in [3.8, 4) is 0 Å². The summed E-state index contributed by atoms with van der Waals surface area (Å²) in [5.41, 5.74) is 0. The normalized spacial score (nSPS) is 19.6. The van der Waals surface area contributed by atoms with Crippen molar-refractivity contribution in [3.05, 3.63) is 0 Å². The Morgan fingerprint density at radius 1 is 1.33 bits per heavy atom. The van der Waals surface area contributed by atoms with Crippen LogP contribution in [-0.4, -0.2) is 48.6 Å². The summed E-state index contributed by atoms with van der Waals surface area (Å²) in [6.07, 6.45) is 1.27. The second kappa shape index (κ2) is 6.77. The van der Waals surface area contributed by atoms with Gasteiger partial charge >= 0.3 is 0 Å². The van der Waals surface area contributed by atoms with Gasteiger partial charge in [0.2, 0.25) is 0 Å². The lowest BCUT2D eigenvalue weighted by Gasteiger charge is -2.42. The topological polar surface area (TPSA) is 15.3 Å². The Morgan fingerprint density at radius 3 is 2.40 bits per heavy atom. The van der Waals surface area contributed by atoms with Crippen molar-refractivity contribution < 1.29 is 0 Å². The van der Waals surface area contributed by atoms with Gasteiger partial charge < -0.3 is 5.32 Å². The van der Waals surface area contributed by atoms with Crippen LogP contribution in [0, 0.1) is 5.92 Å². The Balaban J connectivity index is 2.37. The van der Waals surface area contributed by atoms with Gasteiger partial charge in [-0.3, -0.25) is 4.90 Å². The molecule has 1 aliphatic heterocycles. The van der Waals surface area contributed by atoms with Gasteiger partial charge in [0.25, 0.3) is 0 Å². The second-order valence-electron chi connectivity index (χ2n) is 4.87. The maximum absolute atomic E-state index is 3.23. The number of nitrogens with zero attached hydrogens (tertiary/aromatic N) is 1. The van der Waals surface area contributed by atoms with Crippen LogP contribution >= 0.6 is 11.8 Å². The lowest BCUT2D eigenvalue weighted by Crippen LogP contribution is -2.51. The quantitative estimate of drug-likeness (QED) is 0.674. The highest BCUT2D eigenvalue weighted by Gasteiger charge is 2.29. The molecule has 1 N–H and O–H groups in total. The first kappa shape index (κ1) is 13.3. The van der Waals surface area contributed by atoms with Crippen LogP contribution < -0.4 is 5.32 Å². The first-order valence-electron chi connectivity index (χ1n) is 6.15. The molecule has 0 spiro atoms. The molecule has 15 heavy (non-hydrogen) atoms. The van der Waals surface area contributed by atoms with Gasteiger partial charge in [-0.1, -0.05) is 13.8 Å².